The van der Waals surface area contributed by atoms with Crippen LogP contribution < -0.4 is 0 Å². The Morgan fingerprint density at radius 2 is 1.61 bits per heavy atom. The average Bonchev–Trinajstić information content (AvgIpc) is 3.37. The second-order valence-electron chi connectivity index (χ2n) is 8.39. The van der Waals surface area contributed by atoms with Gasteiger partial charge < -0.3 is 19.8 Å². The Balaban J connectivity index is 0.000000339. The maximum Gasteiger partial charge on any atom is 0.490 e. The number of halogens is 3. The van der Waals surface area contributed by atoms with E-state index in [9.17, 15) is 18.0 Å². The molecule has 0 spiro atoms. The van der Waals surface area contributed by atoms with Crippen LogP contribution in [-0.2, 0) is 17.9 Å². The number of carboxylic acid groups (broad SMARTS) is 1. The second kappa shape index (κ2) is 10.3. The van der Waals surface area contributed by atoms with Crippen LogP contribution >= 0.6 is 0 Å². The summed E-state index contributed by atoms with van der Waals surface area (Å²) in [5.41, 5.74) is 1.17. The number of urea groups is 1. The minimum atomic E-state index is -5.08. The number of alkyl halides is 3. The van der Waals surface area contributed by atoms with Crippen molar-refractivity contribution >= 4 is 12.0 Å². The highest BCUT2D eigenvalue weighted by atomic mass is 19.4. The summed E-state index contributed by atoms with van der Waals surface area (Å²) in [5, 5.41) is 11.6. The van der Waals surface area contributed by atoms with Crippen LogP contribution in [0, 0.1) is 5.92 Å². The van der Waals surface area contributed by atoms with Gasteiger partial charge in [-0.15, -0.1) is 0 Å². The summed E-state index contributed by atoms with van der Waals surface area (Å²) in [7, 11) is 0. The molecule has 2 saturated heterocycles. The first-order valence-corrected chi connectivity index (χ1v) is 10.8. The Bertz CT molecular complexity index is 743. The molecule has 1 aromatic rings. The topological polar surface area (TPSA) is 81.9 Å². The van der Waals surface area contributed by atoms with Gasteiger partial charge in [-0.1, -0.05) is 6.42 Å². The number of carbonyl (C=O) groups excluding carboxylic acids is 1. The lowest BCUT2D eigenvalue weighted by Crippen LogP contribution is -2.45. The summed E-state index contributed by atoms with van der Waals surface area (Å²) in [5.74, 6) is -2.29. The van der Waals surface area contributed by atoms with Crippen molar-refractivity contribution in [1.82, 2.24) is 24.5 Å². The number of nitrogens with zero attached hydrogens (tertiary/aromatic N) is 5. The molecular formula is C20H30F3N5O3. The van der Waals surface area contributed by atoms with Crippen molar-refractivity contribution in [3.05, 3.63) is 18.0 Å². The molecule has 0 saturated carbocycles. The fourth-order valence-corrected chi connectivity index (χ4v) is 4.41. The highest BCUT2D eigenvalue weighted by Gasteiger charge is 2.38. The molecule has 0 aromatic carbocycles. The summed E-state index contributed by atoms with van der Waals surface area (Å²) in [6.45, 7) is 7.84. The number of likely N-dealkylation sites (tertiary alicyclic amines) is 2. The summed E-state index contributed by atoms with van der Waals surface area (Å²) in [6, 6.07) is 2.29. The summed E-state index contributed by atoms with van der Waals surface area (Å²) in [4.78, 5) is 28.5. The Morgan fingerprint density at radius 1 is 1.00 bits per heavy atom. The van der Waals surface area contributed by atoms with Crippen LogP contribution in [0.4, 0.5) is 18.0 Å². The van der Waals surface area contributed by atoms with Gasteiger partial charge in [-0.05, 0) is 44.8 Å². The van der Waals surface area contributed by atoms with Gasteiger partial charge in [0.1, 0.15) is 0 Å². The molecule has 3 aliphatic rings. The SMILES string of the molecule is O=C(N1CCCC1)N1Cc2ccnn2CC(CN2CCCCC2)C1.O=C(O)C(F)(F)F. The first-order chi connectivity index (χ1) is 14.7. The molecule has 174 valence electrons. The van der Waals surface area contributed by atoms with Crippen molar-refractivity contribution < 1.29 is 27.9 Å². The molecule has 0 radical (unpaired) electrons. The van der Waals surface area contributed by atoms with Crippen LogP contribution in [0.3, 0.4) is 0 Å². The Labute approximate surface area is 179 Å². The minimum absolute atomic E-state index is 0.228. The molecule has 0 bridgehead atoms. The number of piperidine rings is 1. The van der Waals surface area contributed by atoms with Gasteiger partial charge in [-0.25, -0.2) is 9.59 Å². The maximum atomic E-state index is 12.9. The molecule has 1 aromatic heterocycles. The number of rotatable bonds is 2. The number of aromatic nitrogens is 2. The summed E-state index contributed by atoms with van der Waals surface area (Å²) >= 11 is 0. The zero-order chi connectivity index (χ0) is 22.4. The third-order valence-corrected chi connectivity index (χ3v) is 5.92. The van der Waals surface area contributed by atoms with Gasteiger partial charge >= 0.3 is 18.2 Å². The van der Waals surface area contributed by atoms with Gasteiger partial charge in [0.05, 0.1) is 12.2 Å². The lowest BCUT2D eigenvalue weighted by atomic mass is 10.1. The van der Waals surface area contributed by atoms with Crippen LogP contribution in [0.15, 0.2) is 12.3 Å². The molecule has 2 amide bonds. The molecule has 2 fully saturated rings. The minimum Gasteiger partial charge on any atom is -0.475 e. The molecule has 31 heavy (non-hydrogen) atoms. The van der Waals surface area contributed by atoms with Crippen molar-refractivity contribution in [3.63, 3.8) is 0 Å². The third kappa shape index (κ3) is 6.59. The van der Waals surface area contributed by atoms with Gasteiger partial charge in [0.15, 0.2) is 0 Å². The molecule has 4 heterocycles. The van der Waals surface area contributed by atoms with E-state index >= 15 is 0 Å². The van der Waals surface area contributed by atoms with Crippen molar-refractivity contribution in [2.75, 3.05) is 39.3 Å². The van der Waals surface area contributed by atoms with Crippen LogP contribution in [-0.4, -0.2) is 87.0 Å². The predicted octanol–water partition coefficient (Wildman–Crippen LogP) is 2.65. The fraction of sp³-hybridized carbons (Fsp3) is 0.750. The second-order valence-corrected chi connectivity index (χ2v) is 8.39. The van der Waals surface area contributed by atoms with E-state index in [1.165, 1.54) is 38.0 Å². The van der Waals surface area contributed by atoms with E-state index in [2.05, 4.69) is 25.6 Å². The molecule has 11 heteroatoms. The molecular weight excluding hydrogens is 415 g/mol. The fourth-order valence-electron chi connectivity index (χ4n) is 4.41. The number of aliphatic carboxylic acids is 1. The van der Waals surface area contributed by atoms with E-state index in [0.717, 1.165) is 45.6 Å². The lowest BCUT2D eigenvalue weighted by molar-refractivity contribution is -0.192. The zero-order valence-corrected chi connectivity index (χ0v) is 17.6. The van der Waals surface area contributed by atoms with E-state index in [1.807, 2.05) is 11.1 Å². The quantitative estimate of drug-likeness (QED) is 0.757. The number of carboxylic acids is 1. The van der Waals surface area contributed by atoms with Crippen LogP contribution in [0.25, 0.3) is 0 Å². The normalized spacial score (nSPS) is 22.4. The number of amides is 2. The molecule has 0 aliphatic carbocycles. The van der Waals surface area contributed by atoms with Gasteiger partial charge in [0.2, 0.25) is 0 Å². The molecule has 3 aliphatic heterocycles. The van der Waals surface area contributed by atoms with Gasteiger partial charge in [0, 0.05) is 44.8 Å². The lowest BCUT2D eigenvalue weighted by Gasteiger charge is -2.33. The van der Waals surface area contributed by atoms with Gasteiger partial charge in [-0.2, -0.15) is 18.3 Å². The van der Waals surface area contributed by atoms with Crippen molar-refractivity contribution in [2.24, 2.45) is 5.92 Å². The number of hydrogen-bond acceptors (Lipinski definition) is 4. The van der Waals surface area contributed by atoms with Crippen molar-refractivity contribution in [2.45, 2.75) is 51.4 Å². The largest absolute Gasteiger partial charge is 0.490 e. The number of fused-ring (bicyclic) bond motifs is 1. The average molecular weight is 445 g/mol. The van der Waals surface area contributed by atoms with Crippen molar-refractivity contribution in [3.8, 4) is 0 Å². The summed E-state index contributed by atoms with van der Waals surface area (Å²) < 4.78 is 33.9. The van der Waals surface area contributed by atoms with E-state index < -0.39 is 12.1 Å². The summed E-state index contributed by atoms with van der Waals surface area (Å²) in [6.07, 6.45) is 3.08. The molecule has 1 unspecified atom stereocenters. The smallest absolute Gasteiger partial charge is 0.475 e. The number of hydrogen-bond donors (Lipinski definition) is 1. The van der Waals surface area contributed by atoms with Crippen LogP contribution in [0.5, 0.6) is 0 Å². The Kier molecular flexibility index (Phi) is 7.79. The predicted molar refractivity (Wildman–Crippen MR) is 106 cm³/mol. The Hall–Kier alpha value is -2.30. The first kappa shape index (κ1) is 23.4. The molecule has 1 atom stereocenters. The molecule has 8 nitrogen and oxygen atoms in total. The van der Waals surface area contributed by atoms with E-state index in [4.69, 9.17) is 9.90 Å². The van der Waals surface area contributed by atoms with E-state index in [-0.39, 0.29) is 6.03 Å². The third-order valence-electron chi connectivity index (χ3n) is 5.92. The molecule has 4 rings (SSSR count). The van der Waals surface area contributed by atoms with Gasteiger partial charge in [-0.3, -0.25) is 4.68 Å². The number of carbonyl (C=O) groups is 2. The highest BCUT2D eigenvalue weighted by molar-refractivity contribution is 5.74. The zero-order valence-electron chi connectivity index (χ0n) is 17.6. The Morgan fingerprint density at radius 3 is 2.23 bits per heavy atom. The monoisotopic (exact) mass is 445 g/mol. The van der Waals surface area contributed by atoms with Crippen LogP contribution in [0.2, 0.25) is 0 Å². The van der Waals surface area contributed by atoms with Gasteiger partial charge in [0.25, 0.3) is 0 Å². The van der Waals surface area contributed by atoms with Crippen LogP contribution in [0.1, 0.15) is 37.8 Å². The maximum absolute atomic E-state index is 12.9. The standard InChI is InChI=1S/C18H29N5O.C2HF3O2/c24-18(21-10-4-5-11-21)22-13-16(12-20-8-2-1-3-9-20)14-23-17(15-22)6-7-19-23;3-2(4,5)1(6)7/h6-7,16H,1-5,8-15H2;(H,6,7). The first-order valence-electron chi connectivity index (χ1n) is 10.8. The van der Waals surface area contributed by atoms with Crippen molar-refractivity contribution in [1.29, 1.82) is 0 Å². The molecule has 1 N–H and O–H groups in total. The van der Waals surface area contributed by atoms with E-state index in [0.29, 0.717) is 12.5 Å². The highest BCUT2D eigenvalue weighted by Crippen LogP contribution is 2.21. The van der Waals surface area contributed by atoms with E-state index in [1.54, 1.807) is 0 Å².